The molecule has 0 amide bonds. The topological polar surface area (TPSA) is 32.7 Å². The molecule has 1 saturated heterocycles. The summed E-state index contributed by atoms with van der Waals surface area (Å²) in [6, 6.07) is 17.8. The molecule has 0 spiro atoms. The third-order valence-electron chi connectivity index (χ3n) is 5.54. The van der Waals surface area contributed by atoms with Gasteiger partial charge in [-0.3, -0.25) is 4.90 Å². The molecule has 31 heavy (non-hydrogen) atoms. The quantitative estimate of drug-likeness (QED) is 0.317. The second kappa shape index (κ2) is 9.29. The Morgan fingerprint density at radius 3 is 1.77 bits per heavy atom. The molecule has 0 bridgehead atoms. The number of aliphatic imine (C=N–C) groups is 1. The van der Waals surface area contributed by atoms with Gasteiger partial charge in [0.15, 0.2) is 0 Å². The van der Waals surface area contributed by atoms with Gasteiger partial charge in [0.25, 0.3) is 0 Å². The van der Waals surface area contributed by atoms with Gasteiger partial charge in [-0.2, -0.15) is 4.99 Å². The van der Waals surface area contributed by atoms with Crippen LogP contribution in [0.5, 0.6) is 0 Å². The van der Waals surface area contributed by atoms with Crippen LogP contribution in [0.3, 0.4) is 0 Å². The van der Waals surface area contributed by atoms with E-state index in [1.165, 1.54) is 12.1 Å². The van der Waals surface area contributed by atoms with E-state index in [1.807, 2.05) is 48.5 Å². The fraction of sp³-hybridized carbons (Fsp3) is 0.208. The lowest BCUT2D eigenvalue weighted by molar-refractivity contribution is 0.0530. The Hall–Kier alpha value is -2.56. The van der Waals surface area contributed by atoms with Crippen LogP contribution < -0.4 is 0 Å². The smallest absolute Gasteiger partial charge is 0.235 e. The number of rotatable bonds is 6. The zero-order chi connectivity index (χ0) is 22.0. The van der Waals surface area contributed by atoms with E-state index < -0.39 is 17.7 Å². The zero-order valence-electron chi connectivity index (χ0n) is 16.3. The third kappa shape index (κ3) is 4.86. The monoisotopic (exact) mass is 458 g/mol. The molecule has 1 aliphatic heterocycles. The van der Waals surface area contributed by atoms with Gasteiger partial charge in [-0.05, 0) is 53.1 Å². The van der Waals surface area contributed by atoms with Gasteiger partial charge in [-0.1, -0.05) is 47.5 Å². The Bertz CT molecular complexity index is 1040. The summed E-state index contributed by atoms with van der Waals surface area (Å²) >= 11 is 12.1. The van der Waals surface area contributed by atoms with Gasteiger partial charge in [0, 0.05) is 35.1 Å². The van der Waals surface area contributed by atoms with Gasteiger partial charge in [-0.15, -0.1) is 0 Å². The van der Waals surface area contributed by atoms with Crippen LogP contribution in [-0.2, 0) is 4.79 Å². The minimum Gasteiger partial charge on any atom is -0.292 e. The molecule has 3 nitrogen and oxygen atoms in total. The first-order valence-electron chi connectivity index (χ1n) is 9.72. The van der Waals surface area contributed by atoms with Crippen molar-refractivity contribution in [3.63, 3.8) is 0 Å². The van der Waals surface area contributed by atoms with Gasteiger partial charge >= 0.3 is 0 Å². The van der Waals surface area contributed by atoms with Gasteiger partial charge in [0.1, 0.15) is 11.6 Å². The number of hydrogen-bond acceptors (Lipinski definition) is 3. The normalized spacial score (nSPS) is 15.4. The van der Waals surface area contributed by atoms with Crippen LogP contribution in [0.4, 0.5) is 8.78 Å². The minimum absolute atomic E-state index is 0.0594. The highest BCUT2D eigenvalue weighted by Gasteiger charge is 2.39. The van der Waals surface area contributed by atoms with Crippen LogP contribution in [0, 0.1) is 17.6 Å². The van der Waals surface area contributed by atoms with Crippen molar-refractivity contribution in [2.45, 2.75) is 12.1 Å². The molecule has 0 radical (unpaired) electrons. The Morgan fingerprint density at radius 1 is 0.839 bits per heavy atom. The average molecular weight is 459 g/mol. The molecule has 0 N–H and O–H groups in total. The summed E-state index contributed by atoms with van der Waals surface area (Å²) in [5.41, 5.74) is 2.44. The summed E-state index contributed by atoms with van der Waals surface area (Å²) < 4.78 is 27.4. The number of nitrogens with zero attached hydrogens (tertiary/aromatic N) is 2. The SMILES string of the molecule is O=C=NC(c1cc(F)cc(F)c1)C1CN(C(c2ccc(Cl)cc2)c2ccc(Cl)cc2)C1. The minimum atomic E-state index is -0.697. The Balaban J connectivity index is 1.61. The second-order valence-corrected chi connectivity index (χ2v) is 8.46. The molecule has 7 heteroatoms. The molecular weight excluding hydrogens is 441 g/mol. The predicted octanol–water partition coefficient (Wildman–Crippen LogP) is 6.37. The number of likely N-dealkylation sites (tertiary alicyclic amines) is 1. The highest BCUT2D eigenvalue weighted by molar-refractivity contribution is 6.30. The Labute approximate surface area is 188 Å². The summed E-state index contributed by atoms with van der Waals surface area (Å²) in [5, 5.41) is 1.29. The van der Waals surface area contributed by atoms with E-state index in [1.54, 1.807) is 6.08 Å². The largest absolute Gasteiger partial charge is 0.292 e. The van der Waals surface area contributed by atoms with E-state index >= 15 is 0 Å². The number of isocyanates is 1. The zero-order valence-corrected chi connectivity index (χ0v) is 17.8. The van der Waals surface area contributed by atoms with Crippen molar-refractivity contribution in [3.05, 3.63) is 105 Å². The molecule has 0 aromatic heterocycles. The molecule has 1 atom stereocenters. The van der Waals surface area contributed by atoms with Crippen molar-refractivity contribution >= 4 is 29.3 Å². The van der Waals surface area contributed by atoms with Crippen molar-refractivity contribution < 1.29 is 13.6 Å². The first kappa shape index (κ1) is 21.7. The molecule has 0 saturated carbocycles. The molecule has 1 aliphatic rings. The van der Waals surface area contributed by atoms with Crippen LogP contribution in [0.15, 0.2) is 71.7 Å². The molecule has 1 unspecified atom stereocenters. The van der Waals surface area contributed by atoms with E-state index in [4.69, 9.17) is 23.2 Å². The first-order chi connectivity index (χ1) is 14.9. The summed E-state index contributed by atoms with van der Waals surface area (Å²) in [7, 11) is 0. The molecule has 3 aromatic rings. The predicted molar refractivity (Wildman–Crippen MR) is 117 cm³/mol. The molecule has 1 heterocycles. The number of carbonyl (C=O) groups excluding carboxylic acids is 1. The van der Waals surface area contributed by atoms with Crippen LogP contribution in [0.2, 0.25) is 10.0 Å². The van der Waals surface area contributed by atoms with Crippen molar-refractivity contribution in [3.8, 4) is 0 Å². The van der Waals surface area contributed by atoms with Crippen LogP contribution in [0.1, 0.15) is 28.8 Å². The summed E-state index contributed by atoms with van der Waals surface area (Å²) in [6.45, 7) is 1.17. The highest BCUT2D eigenvalue weighted by atomic mass is 35.5. The highest BCUT2D eigenvalue weighted by Crippen LogP contribution is 2.40. The standard InChI is InChI=1S/C24H18Cl2F2N2O/c25-19-5-1-15(2-6-19)24(16-3-7-20(26)8-4-16)30-12-18(13-30)23(29-14-31)17-9-21(27)11-22(28)10-17/h1-11,18,23-24H,12-13H2. The van der Waals surface area contributed by atoms with Crippen molar-refractivity contribution in [2.24, 2.45) is 10.9 Å². The molecular formula is C24H18Cl2F2N2O. The molecule has 0 aliphatic carbocycles. The lowest BCUT2D eigenvalue weighted by atomic mass is 9.83. The van der Waals surface area contributed by atoms with Gasteiger partial charge in [0.2, 0.25) is 6.08 Å². The number of hydrogen-bond donors (Lipinski definition) is 0. The van der Waals surface area contributed by atoms with Crippen LogP contribution >= 0.6 is 23.2 Å². The maximum absolute atomic E-state index is 13.7. The van der Waals surface area contributed by atoms with E-state index in [0.717, 1.165) is 17.2 Å². The molecule has 1 fully saturated rings. The number of benzene rings is 3. The summed E-state index contributed by atoms with van der Waals surface area (Å²) in [5.74, 6) is -1.47. The number of halogens is 4. The van der Waals surface area contributed by atoms with Crippen LogP contribution in [0.25, 0.3) is 0 Å². The van der Waals surface area contributed by atoms with Gasteiger partial charge in [-0.25, -0.2) is 13.6 Å². The summed E-state index contributed by atoms with van der Waals surface area (Å²) in [6.07, 6.45) is 1.56. The fourth-order valence-electron chi connectivity index (χ4n) is 4.12. The van der Waals surface area contributed by atoms with E-state index in [0.29, 0.717) is 28.7 Å². The molecule has 3 aromatic carbocycles. The van der Waals surface area contributed by atoms with Crippen molar-refractivity contribution in [1.29, 1.82) is 0 Å². The molecule has 158 valence electrons. The average Bonchev–Trinajstić information content (AvgIpc) is 2.70. The van der Waals surface area contributed by atoms with Gasteiger partial charge in [0.05, 0.1) is 12.1 Å². The molecule has 4 rings (SSSR count). The second-order valence-electron chi connectivity index (χ2n) is 7.59. The van der Waals surface area contributed by atoms with E-state index in [2.05, 4.69) is 9.89 Å². The van der Waals surface area contributed by atoms with E-state index in [-0.39, 0.29) is 12.0 Å². The van der Waals surface area contributed by atoms with Crippen molar-refractivity contribution in [2.75, 3.05) is 13.1 Å². The third-order valence-corrected chi connectivity index (χ3v) is 6.04. The van der Waals surface area contributed by atoms with Gasteiger partial charge < -0.3 is 0 Å². The maximum atomic E-state index is 13.7. The first-order valence-corrected chi connectivity index (χ1v) is 10.5. The fourth-order valence-corrected chi connectivity index (χ4v) is 4.37. The van der Waals surface area contributed by atoms with Crippen molar-refractivity contribution in [1.82, 2.24) is 4.90 Å². The summed E-state index contributed by atoms with van der Waals surface area (Å²) in [4.78, 5) is 17.1. The maximum Gasteiger partial charge on any atom is 0.235 e. The lowest BCUT2D eigenvalue weighted by Crippen LogP contribution is -2.50. The lowest BCUT2D eigenvalue weighted by Gasteiger charge is -2.46. The van der Waals surface area contributed by atoms with E-state index in [9.17, 15) is 13.6 Å². The van der Waals surface area contributed by atoms with Crippen LogP contribution in [-0.4, -0.2) is 24.1 Å². The Kier molecular flexibility index (Phi) is 6.49. The Morgan fingerprint density at radius 2 is 1.32 bits per heavy atom.